The lowest BCUT2D eigenvalue weighted by Crippen LogP contribution is -2.33. The molecule has 0 bridgehead atoms. The third kappa shape index (κ3) is 10.5. The third-order valence-electron chi connectivity index (χ3n) is 7.36. The van der Waals surface area contributed by atoms with E-state index in [1.165, 1.54) is 50.1 Å². The van der Waals surface area contributed by atoms with Crippen molar-refractivity contribution in [2.45, 2.75) is 33.1 Å². The van der Waals surface area contributed by atoms with E-state index in [0.29, 0.717) is 17.7 Å². The number of aromatic hydroxyl groups is 1. The maximum atomic E-state index is 10.3. The van der Waals surface area contributed by atoms with E-state index in [0.717, 1.165) is 36.7 Å². The van der Waals surface area contributed by atoms with Crippen LogP contribution in [0.25, 0.3) is 16.7 Å². The quantitative estimate of drug-likeness (QED) is 0.114. The highest BCUT2D eigenvalue weighted by atomic mass is 16.3. The zero-order valence-corrected chi connectivity index (χ0v) is 24.7. The van der Waals surface area contributed by atoms with Gasteiger partial charge in [0.2, 0.25) is 6.41 Å². The van der Waals surface area contributed by atoms with Crippen molar-refractivity contribution in [3.63, 3.8) is 0 Å². The molecule has 1 aliphatic heterocycles. The Morgan fingerprint density at radius 1 is 1.05 bits per heavy atom. The number of carbonyl (C=O) groups excluding carboxylic acids is 1. The number of benzene rings is 3. The molecule has 1 aliphatic rings. The molecule has 3 N–H and O–H groups in total. The number of hydrogen-bond acceptors (Lipinski definition) is 5. The molecule has 1 amide bonds. The van der Waals surface area contributed by atoms with E-state index in [9.17, 15) is 9.90 Å². The van der Waals surface area contributed by atoms with Crippen LogP contribution in [0.15, 0.2) is 92.2 Å². The van der Waals surface area contributed by atoms with Crippen molar-refractivity contribution in [2.75, 3.05) is 49.5 Å². The molecule has 0 saturated carbocycles. The van der Waals surface area contributed by atoms with Crippen molar-refractivity contribution in [2.24, 2.45) is 5.92 Å². The smallest absolute Gasteiger partial charge is 0.211 e. The molecule has 6 nitrogen and oxygen atoms in total. The second kappa shape index (κ2) is 16.9. The van der Waals surface area contributed by atoms with Crippen LogP contribution in [0.5, 0.6) is 5.75 Å². The van der Waals surface area contributed by atoms with Crippen LogP contribution in [0.3, 0.4) is 0 Å². The van der Waals surface area contributed by atoms with Crippen LogP contribution < -0.4 is 15.5 Å². The molecule has 1 atom stereocenters. The molecule has 1 heterocycles. The SMILES string of the molecule is C=CNCCN(CCC(C)CN1CCCC1)c1ccc(C(=C)C)cc1.O=CNc1ccc(O)c(-c2ccccc2)c1. The van der Waals surface area contributed by atoms with Crippen LogP contribution in [0.1, 0.15) is 38.7 Å². The number of hydrogen-bond donors (Lipinski definition) is 3. The van der Waals surface area contributed by atoms with Gasteiger partial charge in [-0.1, -0.05) is 68.1 Å². The van der Waals surface area contributed by atoms with Crippen LogP contribution >= 0.6 is 0 Å². The molecule has 4 rings (SSSR count). The molecular formula is C35H46N4O2. The normalized spacial score (nSPS) is 13.4. The fraction of sp³-hybridized carbons (Fsp3) is 0.343. The number of anilines is 2. The summed E-state index contributed by atoms with van der Waals surface area (Å²) in [6, 6.07) is 23.3. The van der Waals surface area contributed by atoms with Gasteiger partial charge in [-0.2, -0.15) is 0 Å². The predicted molar refractivity (Wildman–Crippen MR) is 174 cm³/mol. The molecule has 1 fully saturated rings. The lowest BCUT2D eigenvalue weighted by atomic mass is 10.0. The minimum absolute atomic E-state index is 0.197. The fourth-order valence-electron chi connectivity index (χ4n) is 5.04. The summed E-state index contributed by atoms with van der Waals surface area (Å²) < 4.78 is 0. The topological polar surface area (TPSA) is 67.8 Å². The Kier molecular flexibility index (Phi) is 13.0. The first-order chi connectivity index (χ1) is 19.9. The molecule has 1 saturated heterocycles. The molecule has 218 valence electrons. The Balaban J connectivity index is 0.000000248. The molecule has 41 heavy (non-hydrogen) atoms. The summed E-state index contributed by atoms with van der Waals surface area (Å²) in [5, 5.41) is 15.5. The summed E-state index contributed by atoms with van der Waals surface area (Å²) in [5.74, 6) is 0.935. The number of phenolic OH excluding ortho intramolecular Hbond substituents is 1. The van der Waals surface area contributed by atoms with Gasteiger partial charge in [-0.3, -0.25) is 4.79 Å². The summed E-state index contributed by atoms with van der Waals surface area (Å²) in [6.45, 7) is 19.1. The Labute approximate surface area is 246 Å². The second-order valence-corrected chi connectivity index (χ2v) is 10.7. The molecule has 3 aromatic carbocycles. The molecule has 3 aromatic rings. The largest absolute Gasteiger partial charge is 0.507 e. The van der Waals surface area contributed by atoms with Gasteiger partial charge in [-0.05, 0) is 92.9 Å². The van der Waals surface area contributed by atoms with E-state index in [2.05, 4.69) is 71.7 Å². The maximum Gasteiger partial charge on any atom is 0.211 e. The molecule has 0 radical (unpaired) electrons. The molecule has 1 unspecified atom stereocenters. The average molecular weight is 555 g/mol. The Morgan fingerprint density at radius 3 is 2.39 bits per heavy atom. The van der Waals surface area contributed by atoms with Gasteiger partial charge in [-0.25, -0.2) is 0 Å². The number of rotatable bonds is 14. The first kappa shape index (κ1) is 31.5. The first-order valence-corrected chi connectivity index (χ1v) is 14.6. The Hall–Kier alpha value is -4.03. The van der Waals surface area contributed by atoms with Gasteiger partial charge >= 0.3 is 0 Å². The van der Waals surface area contributed by atoms with E-state index in [4.69, 9.17) is 0 Å². The van der Waals surface area contributed by atoms with Crippen molar-refractivity contribution in [1.82, 2.24) is 10.2 Å². The van der Waals surface area contributed by atoms with Crippen LogP contribution in [0.4, 0.5) is 11.4 Å². The van der Waals surface area contributed by atoms with Crippen LogP contribution in [-0.4, -0.2) is 55.7 Å². The summed E-state index contributed by atoms with van der Waals surface area (Å²) in [5.41, 5.74) is 5.90. The van der Waals surface area contributed by atoms with E-state index < -0.39 is 0 Å². The van der Waals surface area contributed by atoms with Gasteiger partial charge < -0.3 is 25.5 Å². The number of nitrogens with one attached hydrogen (secondary N) is 2. The van der Waals surface area contributed by atoms with Crippen LogP contribution in [0, 0.1) is 5.92 Å². The molecular weight excluding hydrogens is 508 g/mol. The van der Waals surface area contributed by atoms with Crippen molar-refractivity contribution < 1.29 is 9.90 Å². The fourth-order valence-corrected chi connectivity index (χ4v) is 5.04. The van der Waals surface area contributed by atoms with Gasteiger partial charge in [0, 0.05) is 43.1 Å². The number of likely N-dealkylation sites (tertiary alicyclic amines) is 1. The summed E-state index contributed by atoms with van der Waals surface area (Å²) in [6.07, 6.45) is 6.37. The van der Waals surface area contributed by atoms with Crippen molar-refractivity contribution in [1.29, 1.82) is 0 Å². The van der Waals surface area contributed by atoms with Crippen LogP contribution in [-0.2, 0) is 4.79 Å². The molecule has 6 heteroatoms. The van der Waals surface area contributed by atoms with Gasteiger partial charge in [-0.15, -0.1) is 0 Å². The minimum atomic E-state index is 0.197. The van der Waals surface area contributed by atoms with E-state index in [-0.39, 0.29) is 5.75 Å². The average Bonchev–Trinajstić information content (AvgIpc) is 3.50. The van der Waals surface area contributed by atoms with Crippen molar-refractivity contribution in [3.8, 4) is 16.9 Å². The van der Waals surface area contributed by atoms with Gasteiger partial charge in [0.1, 0.15) is 5.75 Å². The first-order valence-electron chi connectivity index (χ1n) is 14.6. The number of carbonyl (C=O) groups is 1. The van der Waals surface area contributed by atoms with E-state index in [1.54, 1.807) is 24.4 Å². The molecule has 0 aromatic heterocycles. The van der Waals surface area contributed by atoms with Gasteiger partial charge in [0.25, 0.3) is 0 Å². The zero-order chi connectivity index (χ0) is 29.5. The predicted octanol–water partition coefficient (Wildman–Crippen LogP) is 7.01. The highest BCUT2D eigenvalue weighted by Gasteiger charge is 2.16. The minimum Gasteiger partial charge on any atom is -0.507 e. The summed E-state index contributed by atoms with van der Waals surface area (Å²) >= 11 is 0. The van der Waals surface area contributed by atoms with Crippen molar-refractivity contribution in [3.05, 3.63) is 97.7 Å². The highest BCUT2D eigenvalue weighted by molar-refractivity contribution is 5.79. The van der Waals surface area contributed by atoms with Crippen LogP contribution in [0.2, 0.25) is 0 Å². The monoisotopic (exact) mass is 554 g/mol. The van der Waals surface area contributed by atoms with Gasteiger partial charge in [0.15, 0.2) is 0 Å². The summed E-state index contributed by atoms with van der Waals surface area (Å²) in [7, 11) is 0. The van der Waals surface area contributed by atoms with Crippen molar-refractivity contribution >= 4 is 23.4 Å². The van der Waals surface area contributed by atoms with E-state index in [1.807, 2.05) is 30.3 Å². The zero-order valence-electron chi connectivity index (χ0n) is 24.7. The second-order valence-electron chi connectivity index (χ2n) is 10.7. The number of amides is 1. The number of allylic oxidation sites excluding steroid dienone is 1. The Morgan fingerprint density at radius 2 is 1.76 bits per heavy atom. The summed E-state index contributed by atoms with van der Waals surface area (Å²) in [4.78, 5) is 15.4. The Bertz CT molecular complexity index is 1220. The molecule has 0 aliphatic carbocycles. The number of nitrogens with zero attached hydrogens (tertiary/aromatic N) is 2. The standard InChI is InChI=1S/C22H35N3.C13H11NO2/c1-5-23-13-17-25(22-10-8-21(9-11-22)19(2)3)16-12-20(4)18-24-14-6-7-15-24;15-9-14-11-6-7-13(16)12(8-11)10-4-2-1-3-5-10/h5,8-11,20,23H,1-2,6-7,12-18H2,3-4H3;1-9,16H,(H,14,15). The highest BCUT2D eigenvalue weighted by Crippen LogP contribution is 2.31. The van der Waals surface area contributed by atoms with Gasteiger partial charge in [0.05, 0.1) is 0 Å². The number of phenols is 1. The van der Waals surface area contributed by atoms with E-state index >= 15 is 0 Å². The lowest BCUT2D eigenvalue weighted by molar-refractivity contribution is -0.105. The molecule has 0 spiro atoms. The third-order valence-corrected chi connectivity index (χ3v) is 7.36. The lowest BCUT2D eigenvalue weighted by Gasteiger charge is -2.28. The maximum absolute atomic E-state index is 10.3.